The molecule has 0 aromatic heterocycles. The van der Waals surface area contributed by atoms with Crippen molar-refractivity contribution in [1.82, 2.24) is 0 Å². The van der Waals surface area contributed by atoms with Crippen LogP contribution >= 0.6 is 42.9 Å². The van der Waals surface area contributed by atoms with Crippen LogP contribution in [-0.4, -0.2) is 70.3 Å². The molecule has 0 radical (unpaired) electrons. The highest BCUT2D eigenvalue weighted by Crippen LogP contribution is 2.40. The number of nitrogens with two attached hydrogens (primary N) is 2. The van der Waals surface area contributed by atoms with E-state index in [4.69, 9.17) is 50.9 Å². The number of methoxy groups -OCH3 is 2. The molecule has 7 aromatic rings. The maximum absolute atomic E-state index is 12.5. The first kappa shape index (κ1) is 69.2. The lowest BCUT2D eigenvalue weighted by Crippen LogP contribution is -2.43. The van der Waals surface area contributed by atoms with E-state index in [0.29, 0.717) is 56.2 Å². The van der Waals surface area contributed by atoms with Gasteiger partial charge in [-0.15, -0.1) is 0 Å². The van der Waals surface area contributed by atoms with Crippen molar-refractivity contribution < 1.29 is 43.0 Å². The van der Waals surface area contributed by atoms with Gasteiger partial charge in [-0.25, -0.2) is 0 Å². The third-order valence-corrected chi connectivity index (χ3v) is 25.2. The molecule has 7 aromatic carbocycles. The van der Waals surface area contributed by atoms with Crippen LogP contribution < -0.4 is 41.5 Å². The Hall–Kier alpha value is -6.25. The van der Waals surface area contributed by atoms with Gasteiger partial charge in [-0.3, -0.25) is 9.59 Å². The number of ether oxygens (including phenoxy) is 2. The van der Waals surface area contributed by atoms with Gasteiger partial charge in [0.2, 0.25) is 8.32 Å². The molecule has 0 aliphatic carbocycles. The van der Waals surface area contributed by atoms with Gasteiger partial charge in [0.1, 0.15) is 28.7 Å². The number of rotatable bonds is 10. The number of nitrogens with one attached hydrogen (secondary N) is 2. The van der Waals surface area contributed by atoms with Gasteiger partial charge < -0.3 is 55.5 Å². The van der Waals surface area contributed by atoms with Crippen LogP contribution in [0.1, 0.15) is 90.0 Å². The van der Waals surface area contributed by atoms with E-state index >= 15 is 0 Å². The third-order valence-electron chi connectivity index (χ3n) is 14.6. The van der Waals surface area contributed by atoms with Gasteiger partial charge >= 0.3 is 7.12 Å². The Morgan fingerprint density at radius 3 is 1.36 bits per heavy atom. The first-order chi connectivity index (χ1) is 38.4. The highest BCUT2D eigenvalue weighted by molar-refractivity contribution is 9.10. The van der Waals surface area contributed by atoms with E-state index in [1.54, 1.807) is 123 Å². The monoisotopic (exact) mass is 1310 g/mol. The molecule has 0 atom stereocenters. The number of anilines is 4. The van der Waals surface area contributed by atoms with Gasteiger partial charge in [0.05, 0.1) is 48.2 Å². The van der Waals surface area contributed by atoms with Crippen molar-refractivity contribution in [3.8, 4) is 39.9 Å². The molecular formula is C64H82BBr2ClN4O9Si2. The summed E-state index contributed by atoms with van der Waals surface area (Å²) >= 11 is 12.8. The normalized spacial score (nSPS) is 13.4. The molecule has 1 aliphatic heterocycles. The Balaban J connectivity index is 0.000000241. The van der Waals surface area contributed by atoms with Crippen molar-refractivity contribution in [3.63, 3.8) is 0 Å². The molecule has 8 N–H and O–H groups in total. The van der Waals surface area contributed by atoms with Crippen LogP contribution in [0.15, 0.2) is 167 Å². The van der Waals surface area contributed by atoms with Gasteiger partial charge in [-0.05, 0) is 189 Å². The summed E-state index contributed by atoms with van der Waals surface area (Å²) in [5.74, 6) is 2.29. The number of nitrogen functional groups attached to an aromatic ring is 2. The fourth-order valence-corrected chi connectivity index (χ4v) is 8.45. The number of amides is 2. The second-order valence-corrected chi connectivity index (χ2v) is 37.5. The average molecular weight is 1310 g/mol. The molecule has 0 saturated carbocycles. The Morgan fingerprint density at radius 2 is 0.964 bits per heavy atom. The minimum atomic E-state index is -1.69. The number of hydrogen-bond donors (Lipinski definition) is 6. The number of phenols is 2. The summed E-state index contributed by atoms with van der Waals surface area (Å²) < 4.78 is 30.5. The average Bonchev–Trinajstić information content (AvgIpc) is 3.93. The fraction of sp³-hybridized carbons (Fsp3) is 0.312. The van der Waals surface area contributed by atoms with Gasteiger partial charge in [0.25, 0.3) is 11.8 Å². The number of phenolic OH excluding ortho intramolecular Hbond substituents is 2. The van der Waals surface area contributed by atoms with Crippen molar-refractivity contribution in [1.29, 1.82) is 0 Å². The van der Waals surface area contributed by atoms with Gasteiger partial charge in [-0.2, -0.15) is 11.1 Å². The molecule has 1 heterocycles. The highest BCUT2D eigenvalue weighted by atomic mass is 79.9. The van der Waals surface area contributed by atoms with E-state index in [1.165, 1.54) is 0 Å². The zero-order valence-corrected chi connectivity index (χ0v) is 56.6. The lowest BCUT2D eigenvalue weighted by Gasteiger charge is -2.36. The molecule has 0 spiro atoms. The number of halogens is 3. The standard InChI is InChI=1S/C20H25BN2O4.C20H18N2O3.C12H19BrOSi.C6H5BrO.C6H15ClSi/c1-19(2)20(3,4)27-21(26-19)14-8-11-16(22)17(12-14)23-18(24)13-6-9-15(25-5)10-7-13;1-25-17-8-5-13(6-9-17)20(24)22-19-12-15(7-10-18(19)21)14-3-2-4-16(23)11-14;1-12(2,3)15(4,5)14-11-8-6-7-10(13)9-11;7-5-2-1-3-6(8)4-5;1-6(2,3)8(4,5)7/h6-12H,22H2,1-5H3,(H,23,24);2-12,23H,21H2,1H3,(H,22,24);6-9H,1-5H3;1-4,8H;1-5H3. The van der Waals surface area contributed by atoms with Gasteiger partial charge in [-0.1, -0.05) is 123 Å². The lowest BCUT2D eigenvalue weighted by atomic mass is 9.79. The molecule has 0 bridgehead atoms. The fourth-order valence-electron chi connectivity index (χ4n) is 6.67. The molecule has 8 rings (SSSR count). The molecule has 1 fully saturated rings. The van der Waals surface area contributed by atoms with Gasteiger partial charge in [0, 0.05) is 20.1 Å². The predicted octanol–water partition coefficient (Wildman–Crippen LogP) is 16.9. The number of hydrogen-bond acceptors (Lipinski definition) is 11. The molecule has 13 nitrogen and oxygen atoms in total. The van der Waals surface area contributed by atoms with Crippen LogP contribution in [0.4, 0.5) is 22.7 Å². The SMILES string of the molecule is CC(C)(C)[Si](C)(C)Cl.CC(C)(C)[Si](C)(C)Oc1cccc(Br)c1.COc1ccc(C(=O)Nc2cc(-c3cccc(O)c3)ccc2N)cc1.COc1ccc(C(=O)Nc2cc(B3OC(C)(C)C(C)(C)O3)ccc2N)cc1.Oc1cccc(Br)c1. The molecule has 2 amide bonds. The predicted molar refractivity (Wildman–Crippen MR) is 357 cm³/mol. The Kier molecular flexibility index (Phi) is 24.6. The van der Waals surface area contributed by atoms with Crippen molar-refractivity contribution in [2.45, 2.75) is 117 Å². The largest absolute Gasteiger partial charge is 0.543 e. The summed E-state index contributed by atoms with van der Waals surface area (Å²) in [6.07, 6.45) is 0. The van der Waals surface area contributed by atoms with Crippen LogP contribution in [0, 0.1) is 0 Å². The zero-order chi connectivity index (χ0) is 62.3. The molecule has 19 heteroatoms. The van der Waals surface area contributed by atoms with Crippen LogP contribution in [0.3, 0.4) is 0 Å². The Labute approximate surface area is 516 Å². The summed E-state index contributed by atoms with van der Waals surface area (Å²) in [6, 6.07) is 46.3. The Bertz CT molecular complexity index is 3210. The minimum Gasteiger partial charge on any atom is -0.543 e. The van der Waals surface area contributed by atoms with Crippen molar-refractivity contribution >= 4 is 106 Å². The highest BCUT2D eigenvalue weighted by Gasteiger charge is 2.52. The lowest BCUT2D eigenvalue weighted by molar-refractivity contribution is 0.00578. The molecule has 1 aliphatic rings. The maximum atomic E-state index is 12.5. The smallest absolute Gasteiger partial charge is 0.494 e. The van der Waals surface area contributed by atoms with Crippen LogP contribution in [0.25, 0.3) is 11.1 Å². The van der Waals surface area contributed by atoms with E-state index in [0.717, 1.165) is 31.3 Å². The zero-order valence-electron chi connectivity index (χ0n) is 50.6. The number of benzene rings is 7. The van der Waals surface area contributed by atoms with E-state index in [2.05, 4.69) is 110 Å². The maximum Gasteiger partial charge on any atom is 0.494 e. The van der Waals surface area contributed by atoms with Crippen molar-refractivity contribution in [2.75, 3.05) is 36.3 Å². The first-order valence-corrected chi connectivity index (χ1v) is 35.4. The molecule has 444 valence electrons. The van der Waals surface area contributed by atoms with E-state index in [1.807, 2.05) is 76.2 Å². The summed E-state index contributed by atoms with van der Waals surface area (Å²) in [7, 11) is -0.445. The summed E-state index contributed by atoms with van der Waals surface area (Å²) in [4.78, 5) is 25.0. The van der Waals surface area contributed by atoms with E-state index in [-0.39, 0.29) is 22.6 Å². The number of carbonyl (C=O) groups is 2. The van der Waals surface area contributed by atoms with Crippen LogP contribution in [0.2, 0.25) is 36.3 Å². The molecule has 0 unspecified atom stereocenters. The minimum absolute atomic E-state index is 0.179. The number of carbonyl (C=O) groups excluding carboxylic acids is 2. The molecule has 1 saturated heterocycles. The number of aromatic hydroxyl groups is 2. The van der Waals surface area contributed by atoms with E-state index < -0.39 is 34.0 Å². The first-order valence-electron chi connectivity index (χ1n) is 26.9. The third kappa shape index (κ3) is 21.1. The summed E-state index contributed by atoms with van der Waals surface area (Å²) in [5.41, 5.74) is 16.6. The van der Waals surface area contributed by atoms with Crippen molar-refractivity contribution in [2.24, 2.45) is 0 Å². The molecule has 83 heavy (non-hydrogen) atoms. The quantitative estimate of drug-likeness (QED) is 0.0433. The second kappa shape index (κ2) is 29.5. The Morgan fingerprint density at radius 1 is 0.554 bits per heavy atom. The van der Waals surface area contributed by atoms with E-state index in [9.17, 15) is 14.7 Å². The van der Waals surface area contributed by atoms with Crippen LogP contribution in [-0.2, 0) is 9.31 Å². The summed E-state index contributed by atoms with van der Waals surface area (Å²) in [6.45, 7) is 30.2. The topological polar surface area (TPSA) is 197 Å². The van der Waals surface area contributed by atoms with Crippen LogP contribution in [0.5, 0.6) is 28.7 Å². The second-order valence-electron chi connectivity index (χ2n) is 23.7. The molecular weight excluding hydrogens is 1230 g/mol. The van der Waals surface area contributed by atoms with Crippen molar-refractivity contribution in [3.05, 3.63) is 178 Å². The van der Waals surface area contributed by atoms with Gasteiger partial charge in [0.15, 0.2) is 7.38 Å². The summed E-state index contributed by atoms with van der Waals surface area (Å²) in [5, 5.41) is 24.7.